The first kappa shape index (κ1) is 9.93. The smallest absolute Gasteiger partial charge is 0.0947 e. The van der Waals surface area contributed by atoms with Gasteiger partial charge < -0.3 is 9.88 Å². The van der Waals surface area contributed by atoms with Gasteiger partial charge in [-0.3, -0.25) is 0 Å². The first-order valence-electron chi connectivity index (χ1n) is 5.01. The van der Waals surface area contributed by atoms with Crippen molar-refractivity contribution >= 4 is 0 Å². The van der Waals surface area contributed by atoms with Crippen molar-refractivity contribution in [3.63, 3.8) is 0 Å². The third-order valence-corrected chi connectivity index (χ3v) is 2.44. The van der Waals surface area contributed by atoms with Crippen LogP contribution in [0.15, 0.2) is 42.9 Å². The van der Waals surface area contributed by atoms with E-state index in [0.717, 1.165) is 5.69 Å². The summed E-state index contributed by atoms with van der Waals surface area (Å²) in [6.07, 6.45) is 3.86. The van der Waals surface area contributed by atoms with Gasteiger partial charge in [0.25, 0.3) is 0 Å². The molecular weight excluding hydrogens is 186 g/mol. The van der Waals surface area contributed by atoms with Gasteiger partial charge in [0, 0.05) is 13.2 Å². The van der Waals surface area contributed by atoms with Gasteiger partial charge in [0.2, 0.25) is 0 Å². The fourth-order valence-electron chi connectivity index (χ4n) is 1.71. The predicted molar refractivity (Wildman–Crippen MR) is 60.6 cm³/mol. The molecule has 0 bridgehead atoms. The number of benzene rings is 1. The summed E-state index contributed by atoms with van der Waals surface area (Å²) >= 11 is 0. The third kappa shape index (κ3) is 2.07. The van der Waals surface area contributed by atoms with E-state index in [4.69, 9.17) is 0 Å². The molecule has 0 aliphatic heterocycles. The van der Waals surface area contributed by atoms with Gasteiger partial charge in [0.1, 0.15) is 0 Å². The molecule has 0 spiro atoms. The van der Waals surface area contributed by atoms with Gasteiger partial charge in [-0.25, -0.2) is 4.98 Å². The fraction of sp³-hybridized carbons (Fsp3) is 0.250. The maximum Gasteiger partial charge on any atom is 0.0947 e. The Morgan fingerprint density at radius 2 is 2.00 bits per heavy atom. The van der Waals surface area contributed by atoms with Gasteiger partial charge in [-0.15, -0.1) is 0 Å². The maximum atomic E-state index is 4.36. The van der Waals surface area contributed by atoms with Crippen molar-refractivity contribution in [1.29, 1.82) is 0 Å². The maximum absolute atomic E-state index is 4.36. The molecule has 1 aromatic heterocycles. The van der Waals surface area contributed by atoms with Crippen LogP contribution in [0.2, 0.25) is 0 Å². The van der Waals surface area contributed by atoms with E-state index in [1.54, 1.807) is 0 Å². The molecule has 1 atom stereocenters. The van der Waals surface area contributed by atoms with E-state index < -0.39 is 0 Å². The molecular formula is C12H15N3. The first-order valence-corrected chi connectivity index (χ1v) is 5.01. The predicted octanol–water partition coefficient (Wildman–Crippen LogP) is 1.73. The van der Waals surface area contributed by atoms with Gasteiger partial charge in [-0.1, -0.05) is 30.3 Å². The number of hydrogen-bond acceptors (Lipinski definition) is 2. The lowest BCUT2D eigenvalue weighted by atomic mass is 10.1. The number of nitrogens with zero attached hydrogens (tertiary/aromatic N) is 2. The van der Waals surface area contributed by atoms with E-state index in [-0.39, 0.29) is 6.04 Å². The second-order valence-electron chi connectivity index (χ2n) is 3.60. The molecule has 15 heavy (non-hydrogen) atoms. The summed E-state index contributed by atoms with van der Waals surface area (Å²) in [7, 11) is 3.93. The highest BCUT2D eigenvalue weighted by molar-refractivity contribution is 5.26. The van der Waals surface area contributed by atoms with Crippen LogP contribution in [0.3, 0.4) is 0 Å². The highest BCUT2D eigenvalue weighted by Crippen LogP contribution is 2.19. The molecule has 1 aromatic carbocycles. The molecule has 0 aliphatic carbocycles. The van der Waals surface area contributed by atoms with Crippen molar-refractivity contribution in [2.24, 2.45) is 7.05 Å². The van der Waals surface area contributed by atoms with Crippen molar-refractivity contribution < 1.29 is 0 Å². The minimum absolute atomic E-state index is 0.174. The molecule has 1 N–H and O–H groups in total. The average molecular weight is 201 g/mol. The summed E-state index contributed by atoms with van der Waals surface area (Å²) < 4.78 is 1.96. The van der Waals surface area contributed by atoms with Crippen LogP contribution in [0.4, 0.5) is 0 Å². The average Bonchev–Trinajstić information content (AvgIpc) is 2.68. The van der Waals surface area contributed by atoms with Crippen molar-refractivity contribution in [3.05, 3.63) is 54.1 Å². The van der Waals surface area contributed by atoms with Crippen molar-refractivity contribution in [2.75, 3.05) is 7.05 Å². The SMILES string of the molecule is CNC(c1ccccc1)c1cn(C)cn1. The monoisotopic (exact) mass is 201 g/mol. The van der Waals surface area contributed by atoms with Gasteiger partial charge in [-0.05, 0) is 12.6 Å². The molecule has 3 nitrogen and oxygen atoms in total. The number of aromatic nitrogens is 2. The summed E-state index contributed by atoms with van der Waals surface area (Å²) in [5, 5.41) is 3.27. The van der Waals surface area contributed by atoms with Crippen molar-refractivity contribution in [2.45, 2.75) is 6.04 Å². The lowest BCUT2D eigenvalue weighted by molar-refractivity contribution is 0.674. The Bertz CT molecular complexity index is 419. The van der Waals surface area contributed by atoms with Crippen LogP contribution in [-0.2, 0) is 7.05 Å². The third-order valence-electron chi connectivity index (χ3n) is 2.44. The molecule has 0 radical (unpaired) electrons. The fourth-order valence-corrected chi connectivity index (χ4v) is 1.71. The highest BCUT2D eigenvalue weighted by Gasteiger charge is 2.13. The zero-order chi connectivity index (χ0) is 10.7. The lowest BCUT2D eigenvalue weighted by Gasteiger charge is -2.13. The standard InChI is InChI=1S/C12H15N3/c1-13-12(10-6-4-3-5-7-10)11-8-15(2)9-14-11/h3-9,12-13H,1-2H3. The normalized spacial score (nSPS) is 12.7. The van der Waals surface area contributed by atoms with Crippen LogP contribution in [0.25, 0.3) is 0 Å². The molecule has 1 unspecified atom stereocenters. The topological polar surface area (TPSA) is 29.9 Å². The molecule has 2 aromatic rings. The Morgan fingerprint density at radius 1 is 1.27 bits per heavy atom. The van der Waals surface area contributed by atoms with Crippen LogP contribution in [0.5, 0.6) is 0 Å². The zero-order valence-electron chi connectivity index (χ0n) is 9.01. The molecule has 78 valence electrons. The second-order valence-corrected chi connectivity index (χ2v) is 3.60. The molecule has 0 amide bonds. The van der Waals surface area contributed by atoms with E-state index in [1.165, 1.54) is 5.56 Å². The summed E-state index contributed by atoms with van der Waals surface area (Å²) in [5.41, 5.74) is 2.28. The minimum atomic E-state index is 0.174. The summed E-state index contributed by atoms with van der Waals surface area (Å²) in [5.74, 6) is 0. The quantitative estimate of drug-likeness (QED) is 0.819. The highest BCUT2D eigenvalue weighted by atomic mass is 15.0. The van der Waals surface area contributed by atoms with Gasteiger partial charge in [-0.2, -0.15) is 0 Å². The molecule has 2 rings (SSSR count). The molecule has 0 saturated heterocycles. The summed E-state index contributed by atoms with van der Waals surface area (Å²) in [6, 6.07) is 10.5. The summed E-state index contributed by atoms with van der Waals surface area (Å²) in [6.45, 7) is 0. The van der Waals surface area contributed by atoms with Gasteiger partial charge in [0.15, 0.2) is 0 Å². The number of rotatable bonds is 3. The van der Waals surface area contributed by atoms with E-state index >= 15 is 0 Å². The van der Waals surface area contributed by atoms with Crippen molar-refractivity contribution in [1.82, 2.24) is 14.9 Å². The molecule has 3 heteroatoms. The van der Waals surface area contributed by atoms with E-state index in [0.29, 0.717) is 0 Å². The number of imidazole rings is 1. The van der Waals surface area contributed by atoms with E-state index in [1.807, 2.05) is 49.4 Å². The Morgan fingerprint density at radius 3 is 2.53 bits per heavy atom. The Balaban J connectivity index is 2.33. The van der Waals surface area contributed by atoms with Crippen LogP contribution < -0.4 is 5.32 Å². The van der Waals surface area contributed by atoms with Gasteiger partial charge >= 0.3 is 0 Å². The van der Waals surface area contributed by atoms with Gasteiger partial charge in [0.05, 0.1) is 18.1 Å². The number of nitrogens with one attached hydrogen (secondary N) is 1. The molecule has 0 saturated carbocycles. The first-order chi connectivity index (χ1) is 7.31. The zero-order valence-corrected chi connectivity index (χ0v) is 9.01. The lowest BCUT2D eigenvalue weighted by Crippen LogP contribution is -2.17. The van der Waals surface area contributed by atoms with Crippen LogP contribution in [0.1, 0.15) is 17.3 Å². The molecule has 1 heterocycles. The summed E-state index contributed by atoms with van der Waals surface area (Å²) in [4.78, 5) is 4.36. The van der Waals surface area contributed by atoms with E-state index in [9.17, 15) is 0 Å². The van der Waals surface area contributed by atoms with Crippen LogP contribution in [-0.4, -0.2) is 16.6 Å². The number of hydrogen-bond donors (Lipinski definition) is 1. The molecule has 0 fully saturated rings. The largest absolute Gasteiger partial charge is 0.340 e. The van der Waals surface area contributed by atoms with Crippen LogP contribution >= 0.6 is 0 Å². The Hall–Kier alpha value is -1.61. The Kier molecular flexibility index (Phi) is 2.83. The van der Waals surface area contributed by atoms with Crippen LogP contribution in [0, 0.1) is 0 Å². The second kappa shape index (κ2) is 4.28. The van der Waals surface area contributed by atoms with E-state index in [2.05, 4.69) is 22.4 Å². The molecule has 0 aliphatic rings. The Labute approximate surface area is 89.8 Å². The minimum Gasteiger partial charge on any atom is -0.340 e. The van der Waals surface area contributed by atoms with Crippen molar-refractivity contribution in [3.8, 4) is 0 Å². The number of aryl methyl sites for hydroxylation is 1.